The Hall–Kier alpha value is -2.10. The molecule has 2 nitrogen and oxygen atoms in total. The van der Waals surface area contributed by atoms with Crippen molar-refractivity contribution < 1.29 is 9.31 Å². The molecular formula is C25H27BO2. The first-order chi connectivity index (χ1) is 13.1. The highest BCUT2D eigenvalue weighted by atomic mass is 16.7. The second-order valence-electron chi connectivity index (χ2n) is 9.70. The summed E-state index contributed by atoms with van der Waals surface area (Å²) < 4.78 is 13.0. The molecule has 1 heterocycles. The normalized spacial score (nSPS) is 21.0. The van der Waals surface area contributed by atoms with Crippen LogP contribution in [0.1, 0.15) is 52.7 Å². The molecule has 3 aromatic carbocycles. The fraction of sp³-hybridized carbons (Fsp3) is 0.360. The molecule has 1 aliphatic heterocycles. The topological polar surface area (TPSA) is 18.5 Å². The van der Waals surface area contributed by atoms with E-state index in [1.807, 2.05) is 0 Å². The molecule has 0 radical (unpaired) electrons. The van der Waals surface area contributed by atoms with Crippen molar-refractivity contribution in [3.8, 4) is 11.1 Å². The van der Waals surface area contributed by atoms with Crippen LogP contribution in [0.5, 0.6) is 0 Å². The Balaban J connectivity index is 1.85. The van der Waals surface area contributed by atoms with Gasteiger partial charge in [-0.3, -0.25) is 0 Å². The van der Waals surface area contributed by atoms with Gasteiger partial charge in [0.1, 0.15) is 0 Å². The molecule has 0 spiro atoms. The smallest absolute Gasteiger partial charge is 0.399 e. The largest absolute Gasteiger partial charge is 0.495 e. The molecule has 3 heteroatoms. The zero-order chi connectivity index (χ0) is 19.9. The van der Waals surface area contributed by atoms with Crippen LogP contribution in [0.3, 0.4) is 0 Å². The minimum absolute atomic E-state index is 0.0643. The molecule has 1 fully saturated rings. The van der Waals surface area contributed by atoms with Crippen molar-refractivity contribution in [3.63, 3.8) is 0 Å². The second kappa shape index (κ2) is 5.49. The molecule has 0 bridgehead atoms. The maximum atomic E-state index is 6.49. The molecule has 1 aliphatic carbocycles. The number of hydrogen-bond acceptors (Lipinski definition) is 2. The van der Waals surface area contributed by atoms with E-state index in [4.69, 9.17) is 9.31 Å². The van der Waals surface area contributed by atoms with E-state index in [9.17, 15) is 0 Å². The highest BCUT2D eigenvalue weighted by Gasteiger charge is 2.53. The third kappa shape index (κ3) is 2.24. The lowest BCUT2D eigenvalue weighted by Crippen LogP contribution is -2.41. The van der Waals surface area contributed by atoms with Gasteiger partial charge in [0.05, 0.1) is 11.2 Å². The van der Waals surface area contributed by atoms with Gasteiger partial charge < -0.3 is 9.31 Å². The summed E-state index contributed by atoms with van der Waals surface area (Å²) in [6, 6.07) is 19.7. The molecule has 0 aromatic heterocycles. The van der Waals surface area contributed by atoms with Gasteiger partial charge in [0.25, 0.3) is 0 Å². The Morgan fingerprint density at radius 1 is 0.750 bits per heavy atom. The first-order valence-corrected chi connectivity index (χ1v) is 10.2. The predicted molar refractivity (Wildman–Crippen MR) is 117 cm³/mol. The van der Waals surface area contributed by atoms with Gasteiger partial charge in [-0.1, -0.05) is 68.4 Å². The molecule has 2 aliphatic rings. The van der Waals surface area contributed by atoms with Gasteiger partial charge in [-0.25, -0.2) is 0 Å². The lowest BCUT2D eigenvalue weighted by Gasteiger charge is -2.32. The van der Waals surface area contributed by atoms with E-state index in [-0.39, 0.29) is 23.7 Å². The van der Waals surface area contributed by atoms with Crippen molar-refractivity contribution >= 4 is 23.4 Å². The van der Waals surface area contributed by atoms with Crippen molar-refractivity contribution in [1.29, 1.82) is 0 Å². The maximum Gasteiger partial charge on any atom is 0.495 e. The molecule has 5 rings (SSSR count). The molecule has 142 valence electrons. The van der Waals surface area contributed by atoms with Gasteiger partial charge in [-0.2, -0.15) is 0 Å². The molecule has 0 unspecified atom stereocenters. The molecule has 0 N–H and O–H groups in total. The zero-order valence-electron chi connectivity index (χ0n) is 17.6. The number of hydrogen-bond donors (Lipinski definition) is 0. The quantitative estimate of drug-likeness (QED) is 0.531. The summed E-state index contributed by atoms with van der Waals surface area (Å²) in [7, 11) is -0.370. The van der Waals surface area contributed by atoms with Crippen LogP contribution in [0.4, 0.5) is 0 Å². The minimum atomic E-state index is -0.370. The molecule has 0 atom stereocenters. The number of rotatable bonds is 1. The van der Waals surface area contributed by atoms with E-state index in [0.717, 1.165) is 5.46 Å². The third-order valence-electron chi connectivity index (χ3n) is 7.08. The van der Waals surface area contributed by atoms with Crippen molar-refractivity contribution in [3.05, 3.63) is 65.7 Å². The summed E-state index contributed by atoms with van der Waals surface area (Å²) >= 11 is 0. The van der Waals surface area contributed by atoms with Crippen molar-refractivity contribution in [2.45, 2.75) is 58.2 Å². The van der Waals surface area contributed by atoms with Gasteiger partial charge in [0, 0.05) is 5.41 Å². The Kier molecular flexibility index (Phi) is 3.52. The van der Waals surface area contributed by atoms with Crippen molar-refractivity contribution in [1.82, 2.24) is 0 Å². The predicted octanol–water partition coefficient (Wildman–Crippen LogP) is 5.45. The van der Waals surface area contributed by atoms with Crippen LogP contribution in [0.2, 0.25) is 0 Å². The summed E-state index contributed by atoms with van der Waals surface area (Å²) in [6.45, 7) is 13.1. The highest BCUT2D eigenvalue weighted by Crippen LogP contribution is 2.51. The van der Waals surface area contributed by atoms with Gasteiger partial charge in [-0.05, 0) is 66.2 Å². The van der Waals surface area contributed by atoms with Crippen LogP contribution < -0.4 is 5.46 Å². The number of benzene rings is 3. The van der Waals surface area contributed by atoms with Gasteiger partial charge in [-0.15, -0.1) is 0 Å². The third-order valence-corrected chi connectivity index (χ3v) is 7.08. The van der Waals surface area contributed by atoms with Crippen LogP contribution in [0.15, 0.2) is 54.6 Å². The van der Waals surface area contributed by atoms with Crippen LogP contribution in [0, 0.1) is 0 Å². The van der Waals surface area contributed by atoms with E-state index < -0.39 is 0 Å². The van der Waals surface area contributed by atoms with Gasteiger partial charge >= 0.3 is 7.12 Å². The lowest BCUT2D eigenvalue weighted by molar-refractivity contribution is 0.00578. The summed E-state index contributed by atoms with van der Waals surface area (Å²) in [5.74, 6) is 0. The van der Waals surface area contributed by atoms with E-state index in [2.05, 4.69) is 96.1 Å². The Morgan fingerprint density at radius 2 is 1.36 bits per heavy atom. The monoisotopic (exact) mass is 370 g/mol. The average molecular weight is 370 g/mol. The molecular weight excluding hydrogens is 343 g/mol. The van der Waals surface area contributed by atoms with E-state index in [1.165, 1.54) is 33.0 Å². The summed E-state index contributed by atoms with van der Waals surface area (Å²) in [5.41, 5.74) is 5.72. The highest BCUT2D eigenvalue weighted by molar-refractivity contribution is 6.64. The average Bonchev–Trinajstić information content (AvgIpc) is 3.01. The number of fused-ring (bicyclic) bond motifs is 5. The standard InChI is InChI=1S/C25H27BO2/c1-23(2)19-14-10-9-13-18(19)21-20(26-27-24(3,4)25(5,6)28-26)15-16-11-7-8-12-17(16)22(21)23/h7-15H,1-6H3. The van der Waals surface area contributed by atoms with Crippen molar-refractivity contribution in [2.75, 3.05) is 0 Å². The second-order valence-corrected chi connectivity index (χ2v) is 9.70. The van der Waals surface area contributed by atoms with Crippen LogP contribution in [0.25, 0.3) is 21.9 Å². The van der Waals surface area contributed by atoms with E-state index >= 15 is 0 Å². The SMILES string of the molecule is CC1(C)c2ccccc2-c2c(B3OC(C)(C)C(C)(C)O3)cc3ccccc3c21. The maximum absolute atomic E-state index is 6.49. The van der Waals surface area contributed by atoms with Gasteiger partial charge in [0.2, 0.25) is 0 Å². The van der Waals surface area contributed by atoms with Crippen molar-refractivity contribution in [2.24, 2.45) is 0 Å². The Labute approximate surface area is 168 Å². The van der Waals surface area contributed by atoms with E-state index in [0.29, 0.717) is 0 Å². The molecule has 1 saturated heterocycles. The van der Waals surface area contributed by atoms with Gasteiger partial charge in [0.15, 0.2) is 0 Å². The summed E-state index contributed by atoms with van der Waals surface area (Å²) in [4.78, 5) is 0. The fourth-order valence-electron chi connectivity index (χ4n) is 4.85. The molecule has 3 aromatic rings. The molecule has 28 heavy (non-hydrogen) atoms. The molecule has 0 saturated carbocycles. The summed E-state index contributed by atoms with van der Waals surface area (Å²) in [5, 5.41) is 2.56. The zero-order valence-corrected chi connectivity index (χ0v) is 17.6. The first-order valence-electron chi connectivity index (χ1n) is 10.2. The summed E-state index contributed by atoms with van der Waals surface area (Å²) in [6.07, 6.45) is 0. The lowest BCUT2D eigenvalue weighted by atomic mass is 9.71. The fourth-order valence-corrected chi connectivity index (χ4v) is 4.85. The van der Waals surface area contributed by atoms with Crippen LogP contribution in [-0.4, -0.2) is 18.3 Å². The van der Waals surface area contributed by atoms with Crippen LogP contribution in [-0.2, 0) is 14.7 Å². The first kappa shape index (κ1) is 18.0. The Bertz CT molecular complexity index is 1090. The minimum Gasteiger partial charge on any atom is -0.399 e. The Morgan fingerprint density at radius 3 is 2.07 bits per heavy atom. The van der Waals surface area contributed by atoms with E-state index in [1.54, 1.807) is 0 Å². The van der Waals surface area contributed by atoms with Crippen LogP contribution >= 0.6 is 0 Å². The molecule has 0 amide bonds.